The first-order chi connectivity index (χ1) is 8.99. The summed E-state index contributed by atoms with van der Waals surface area (Å²) in [5.74, 6) is -1.31. The second kappa shape index (κ2) is 5.63. The molecular weight excluding hydrogens is 249 g/mol. The number of nitrogens with zero attached hydrogens (tertiary/aromatic N) is 2. The fourth-order valence-electron chi connectivity index (χ4n) is 2.62. The van der Waals surface area contributed by atoms with Crippen LogP contribution in [0.25, 0.3) is 0 Å². The lowest BCUT2D eigenvalue weighted by Crippen LogP contribution is -2.42. The average molecular weight is 267 g/mol. The van der Waals surface area contributed by atoms with Gasteiger partial charge in [-0.25, -0.2) is 4.39 Å². The Morgan fingerprint density at radius 1 is 1.58 bits per heavy atom. The summed E-state index contributed by atoms with van der Waals surface area (Å²) < 4.78 is 12.8. The van der Waals surface area contributed by atoms with Gasteiger partial charge < -0.3 is 10.8 Å². The van der Waals surface area contributed by atoms with Crippen molar-refractivity contribution in [3.8, 4) is 0 Å². The van der Waals surface area contributed by atoms with Crippen LogP contribution in [0.3, 0.4) is 0 Å². The molecule has 0 radical (unpaired) electrons. The summed E-state index contributed by atoms with van der Waals surface area (Å²) in [5, 5.41) is 10.1. The molecule has 2 rings (SSSR count). The Balaban J connectivity index is 1.99. The summed E-state index contributed by atoms with van der Waals surface area (Å²) in [7, 11) is 1.85. The Bertz CT molecular complexity index is 452. The van der Waals surface area contributed by atoms with Gasteiger partial charge >= 0.3 is 0 Å². The van der Waals surface area contributed by atoms with Gasteiger partial charge in [0.2, 0.25) is 5.91 Å². The van der Waals surface area contributed by atoms with Gasteiger partial charge in [-0.15, -0.1) is 0 Å². The van der Waals surface area contributed by atoms with Crippen LogP contribution in [0.2, 0.25) is 0 Å². The molecule has 6 heteroatoms. The molecule has 0 bridgehead atoms. The number of primary amides is 1. The fourth-order valence-corrected chi connectivity index (χ4v) is 2.62. The minimum absolute atomic E-state index is 0.121. The maximum absolute atomic E-state index is 12.8. The molecule has 3 atom stereocenters. The monoisotopic (exact) mass is 267 g/mol. The Labute approximate surface area is 111 Å². The third-order valence-corrected chi connectivity index (χ3v) is 3.71. The van der Waals surface area contributed by atoms with Crippen LogP contribution < -0.4 is 5.73 Å². The zero-order chi connectivity index (χ0) is 14.0. The molecule has 1 aromatic heterocycles. The number of likely N-dealkylation sites (N-methyl/N-ethyl adjacent to an activating group) is 1. The van der Waals surface area contributed by atoms with Gasteiger partial charge in [0, 0.05) is 12.6 Å². The number of pyridine rings is 1. The van der Waals surface area contributed by atoms with E-state index in [1.54, 1.807) is 6.07 Å². The first kappa shape index (κ1) is 13.9. The third-order valence-electron chi connectivity index (χ3n) is 3.71. The first-order valence-corrected chi connectivity index (χ1v) is 6.27. The predicted molar refractivity (Wildman–Crippen MR) is 67.4 cm³/mol. The van der Waals surface area contributed by atoms with E-state index in [0.717, 1.165) is 5.69 Å². The van der Waals surface area contributed by atoms with Gasteiger partial charge in [0.1, 0.15) is 5.82 Å². The zero-order valence-electron chi connectivity index (χ0n) is 10.8. The molecule has 1 fully saturated rings. The third kappa shape index (κ3) is 3.08. The van der Waals surface area contributed by atoms with E-state index < -0.39 is 17.9 Å². The Hall–Kier alpha value is -1.53. The molecule has 0 unspecified atom stereocenters. The number of hydrogen-bond acceptors (Lipinski definition) is 4. The largest absolute Gasteiger partial charge is 0.391 e. The molecule has 5 nitrogen and oxygen atoms in total. The van der Waals surface area contributed by atoms with Crippen molar-refractivity contribution in [2.75, 3.05) is 7.05 Å². The number of aliphatic hydroxyl groups excluding tert-OH is 1. The van der Waals surface area contributed by atoms with Crippen molar-refractivity contribution in [3.05, 3.63) is 29.8 Å². The standard InChI is InChI=1S/C13H18FN3O2/c1-17(7-9-3-2-8(14)6-16-9)11-5-4-10(12(11)18)13(15)19/h2-3,6,10-12,18H,4-5,7H2,1H3,(H2,15,19)/t10-,11-,12+/m1/s1. The number of amides is 1. The van der Waals surface area contributed by atoms with E-state index in [4.69, 9.17) is 5.73 Å². The average Bonchev–Trinajstić information content (AvgIpc) is 2.74. The molecule has 19 heavy (non-hydrogen) atoms. The maximum Gasteiger partial charge on any atom is 0.223 e. The highest BCUT2D eigenvalue weighted by Crippen LogP contribution is 2.29. The summed E-state index contributed by atoms with van der Waals surface area (Å²) in [6, 6.07) is 2.84. The minimum atomic E-state index is -0.747. The number of halogens is 1. The van der Waals surface area contributed by atoms with Crippen molar-refractivity contribution < 1.29 is 14.3 Å². The topological polar surface area (TPSA) is 79.5 Å². The smallest absolute Gasteiger partial charge is 0.223 e. The zero-order valence-corrected chi connectivity index (χ0v) is 10.8. The van der Waals surface area contributed by atoms with Crippen LogP contribution in [0.15, 0.2) is 18.3 Å². The van der Waals surface area contributed by atoms with E-state index in [9.17, 15) is 14.3 Å². The number of aromatic nitrogens is 1. The molecule has 1 aliphatic carbocycles. The molecule has 104 valence electrons. The highest BCUT2D eigenvalue weighted by atomic mass is 19.1. The second-order valence-electron chi connectivity index (χ2n) is 5.03. The van der Waals surface area contributed by atoms with Gasteiger partial charge in [0.05, 0.1) is 23.9 Å². The highest BCUT2D eigenvalue weighted by Gasteiger charge is 2.39. The van der Waals surface area contributed by atoms with E-state index in [1.165, 1.54) is 12.3 Å². The van der Waals surface area contributed by atoms with Crippen LogP contribution in [0.5, 0.6) is 0 Å². The Morgan fingerprint density at radius 3 is 2.84 bits per heavy atom. The van der Waals surface area contributed by atoms with Gasteiger partial charge in [-0.1, -0.05) is 0 Å². The summed E-state index contributed by atoms with van der Waals surface area (Å²) in [6.45, 7) is 0.494. The van der Waals surface area contributed by atoms with Crippen molar-refractivity contribution in [2.45, 2.75) is 31.5 Å². The van der Waals surface area contributed by atoms with E-state index in [2.05, 4.69) is 4.98 Å². The molecule has 1 aromatic rings. The van der Waals surface area contributed by atoms with E-state index in [0.29, 0.717) is 19.4 Å². The van der Waals surface area contributed by atoms with Gasteiger partial charge in [0.15, 0.2) is 0 Å². The van der Waals surface area contributed by atoms with Gasteiger partial charge in [-0.05, 0) is 32.0 Å². The maximum atomic E-state index is 12.8. The number of rotatable bonds is 4. The minimum Gasteiger partial charge on any atom is -0.391 e. The van der Waals surface area contributed by atoms with Gasteiger partial charge in [-0.2, -0.15) is 0 Å². The number of carbonyl (C=O) groups excluding carboxylic acids is 1. The molecule has 0 aliphatic heterocycles. The lowest BCUT2D eigenvalue weighted by Gasteiger charge is -2.27. The van der Waals surface area contributed by atoms with Crippen molar-refractivity contribution >= 4 is 5.91 Å². The number of carbonyl (C=O) groups is 1. The van der Waals surface area contributed by atoms with Crippen molar-refractivity contribution in [2.24, 2.45) is 11.7 Å². The number of nitrogens with two attached hydrogens (primary N) is 1. The molecule has 0 spiro atoms. The molecule has 1 aliphatic rings. The van der Waals surface area contributed by atoms with E-state index >= 15 is 0 Å². The quantitative estimate of drug-likeness (QED) is 0.821. The molecule has 1 heterocycles. The predicted octanol–water partition coefficient (Wildman–Crippen LogP) is 0.277. The van der Waals surface area contributed by atoms with Crippen LogP contribution in [-0.2, 0) is 11.3 Å². The molecule has 1 amide bonds. The van der Waals surface area contributed by atoms with Crippen LogP contribution in [-0.4, -0.2) is 40.1 Å². The SMILES string of the molecule is CN(Cc1ccc(F)cn1)[C@@H]1CC[C@@H](C(N)=O)[C@@H]1O. The van der Waals surface area contributed by atoms with E-state index in [-0.39, 0.29) is 11.9 Å². The Kier molecular flexibility index (Phi) is 4.11. The fraction of sp³-hybridized carbons (Fsp3) is 0.538. The summed E-state index contributed by atoms with van der Waals surface area (Å²) in [4.78, 5) is 17.1. The van der Waals surface area contributed by atoms with Crippen molar-refractivity contribution in [1.82, 2.24) is 9.88 Å². The summed E-state index contributed by atoms with van der Waals surface area (Å²) >= 11 is 0. The van der Waals surface area contributed by atoms with Crippen LogP contribution >= 0.6 is 0 Å². The van der Waals surface area contributed by atoms with Gasteiger partial charge in [-0.3, -0.25) is 14.7 Å². The van der Waals surface area contributed by atoms with Crippen molar-refractivity contribution in [3.63, 3.8) is 0 Å². The summed E-state index contributed by atoms with van der Waals surface area (Å²) in [6.07, 6.45) is 1.73. The highest BCUT2D eigenvalue weighted by molar-refractivity contribution is 5.77. The number of hydrogen-bond donors (Lipinski definition) is 2. The molecule has 0 aromatic carbocycles. The van der Waals surface area contributed by atoms with Crippen LogP contribution in [0, 0.1) is 11.7 Å². The molecule has 0 saturated heterocycles. The van der Waals surface area contributed by atoms with Crippen LogP contribution in [0.1, 0.15) is 18.5 Å². The molecule has 1 saturated carbocycles. The van der Waals surface area contributed by atoms with Gasteiger partial charge in [0.25, 0.3) is 0 Å². The van der Waals surface area contributed by atoms with E-state index in [1.807, 2.05) is 11.9 Å². The molecular formula is C13H18FN3O2. The van der Waals surface area contributed by atoms with Crippen LogP contribution in [0.4, 0.5) is 4.39 Å². The first-order valence-electron chi connectivity index (χ1n) is 6.27. The normalized spacial score (nSPS) is 26.8. The van der Waals surface area contributed by atoms with Crippen molar-refractivity contribution in [1.29, 1.82) is 0 Å². The lowest BCUT2D eigenvalue weighted by molar-refractivity contribution is -0.124. The lowest BCUT2D eigenvalue weighted by atomic mass is 10.0. The number of aliphatic hydroxyl groups is 1. The molecule has 3 N–H and O–H groups in total. The summed E-state index contributed by atoms with van der Waals surface area (Å²) in [5.41, 5.74) is 5.97. The second-order valence-corrected chi connectivity index (χ2v) is 5.03. The Morgan fingerprint density at radius 2 is 2.32 bits per heavy atom.